The molecule has 0 aliphatic rings. The minimum atomic E-state index is -3.82. The molecular weight excluding hydrogens is 434 g/mol. The van der Waals surface area contributed by atoms with Crippen LogP contribution < -0.4 is 10.0 Å². The Hall–Kier alpha value is -2.75. The number of carbonyl (C=O) groups is 2. The van der Waals surface area contributed by atoms with E-state index in [1.165, 1.54) is 18.0 Å². The summed E-state index contributed by atoms with van der Waals surface area (Å²) in [5.41, 5.74) is 0.655. The minimum absolute atomic E-state index is 0.141. The number of likely N-dealkylation sites (N-methyl/N-ethyl adjacent to an activating group) is 1. The molecule has 0 fully saturated rings. The molecule has 7 nitrogen and oxygen atoms in total. The van der Waals surface area contributed by atoms with Crippen molar-refractivity contribution in [1.29, 1.82) is 0 Å². The molecular formula is C22H25N3O4S2. The van der Waals surface area contributed by atoms with E-state index in [0.29, 0.717) is 5.69 Å². The number of fused-ring (bicyclic) bond motifs is 1. The summed E-state index contributed by atoms with van der Waals surface area (Å²) in [6.07, 6.45) is 0. The average Bonchev–Trinajstić information content (AvgIpc) is 3.27. The van der Waals surface area contributed by atoms with Crippen LogP contribution in [0.25, 0.3) is 10.8 Å². The Labute approximate surface area is 186 Å². The number of hydrogen-bond acceptors (Lipinski definition) is 5. The second-order valence-electron chi connectivity index (χ2n) is 7.54. The zero-order valence-electron chi connectivity index (χ0n) is 17.5. The normalized spacial score (nSPS) is 12.6. The highest BCUT2D eigenvalue weighted by atomic mass is 32.2. The fraction of sp³-hybridized carbons (Fsp3) is 0.273. The van der Waals surface area contributed by atoms with E-state index in [4.69, 9.17) is 0 Å². The third-order valence-corrected chi connectivity index (χ3v) is 7.63. The Balaban J connectivity index is 1.69. The van der Waals surface area contributed by atoms with Crippen molar-refractivity contribution >= 4 is 49.6 Å². The van der Waals surface area contributed by atoms with E-state index in [9.17, 15) is 18.0 Å². The molecule has 9 heteroatoms. The van der Waals surface area contributed by atoms with Gasteiger partial charge in [0, 0.05) is 18.1 Å². The molecule has 0 aliphatic heterocycles. The third kappa shape index (κ3) is 5.49. The predicted molar refractivity (Wildman–Crippen MR) is 123 cm³/mol. The van der Waals surface area contributed by atoms with Crippen LogP contribution in [0.5, 0.6) is 0 Å². The van der Waals surface area contributed by atoms with Crippen LogP contribution in [0, 0.1) is 5.92 Å². The summed E-state index contributed by atoms with van der Waals surface area (Å²) in [4.78, 5) is 26.8. The van der Waals surface area contributed by atoms with E-state index in [2.05, 4.69) is 10.0 Å². The van der Waals surface area contributed by atoms with Crippen molar-refractivity contribution in [3.05, 3.63) is 60.0 Å². The van der Waals surface area contributed by atoms with Gasteiger partial charge in [0.1, 0.15) is 10.3 Å². The number of amides is 2. The number of anilines is 1. The van der Waals surface area contributed by atoms with Crippen LogP contribution >= 0.6 is 11.3 Å². The topological polar surface area (TPSA) is 95.6 Å². The SMILES string of the molecule is CC(C)[C@H](NS(=O)(=O)c1cccs1)C(=O)N(C)CC(=O)Nc1cccc2ccccc12. The molecule has 2 aromatic carbocycles. The first-order valence-corrected chi connectivity index (χ1v) is 12.1. The molecule has 1 heterocycles. The molecule has 0 aliphatic carbocycles. The first-order valence-electron chi connectivity index (χ1n) is 9.77. The zero-order chi connectivity index (χ0) is 22.6. The van der Waals surface area contributed by atoms with Gasteiger partial charge in [0.15, 0.2) is 0 Å². The minimum Gasteiger partial charge on any atom is -0.335 e. The van der Waals surface area contributed by atoms with E-state index in [-0.39, 0.29) is 22.6 Å². The van der Waals surface area contributed by atoms with E-state index in [1.54, 1.807) is 31.4 Å². The van der Waals surface area contributed by atoms with Crippen LogP contribution in [0.15, 0.2) is 64.2 Å². The van der Waals surface area contributed by atoms with Crippen molar-refractivity contribution in [2.45, 2.75) is 24.1 Å². The molecule has 1 aromatic heterocycles. The zero-order valence-corrected chi connectivity index (χ0v) is 19.2. The summed E-state index contributed by atoms with van der Waals surface area (Å²) in [5, 5.41) is 6.39. The van der Waals surface area contributed by atoms with Gasteiger partial charge in [0.25, 0.3) is 10.0 Å². The molecule has 31 heavy (non-hydrogen) atoms. The van der Waals surface area contributed by atoms with Gasteiger partial charge in [-0.25, -0.2) is 8.42 Å². The highest BCUT2D eigenvalue weighted by Crippen LogP contribution is 2.23. The third-order valence-electron chi connectivity index (χ3n) is 4.80. The molecule has 0 radical (unpaired) electrons. The lowest BCUT2D eigenvalue weighted by Gasteiger charge is -2.26. The Morgan fingerprint density at radius 1 is 1.03 bits per heavy atom. The van der Waals surface area contributed by atoms with Gasteiger partial charge in [-0.2, -0.15) is 4.72 Å². The van der Waals surface area contributed by atoms with E-state index >= 15 is 0 Å². The first kappa shape index (κ1) is 22.9. The Kier molecular flexibility index (Phi) is 7.09. The van der Waals surface area contributed by atoms with Crippen LogP contribution in [0.2, 0.25) is 0 Å². The maximum atomic E-state index is 13.0. The second kappa shape index (κ2) is 9.59. The summed E-state index contributed by atoms with van der Waals surface area (Å²) in [7, 11) is -2.33. The van der Waals surface area contributed by atoms with Crippen LogP contribution in [-0.4, -0.2) is 44.8 Å². The molecule has 0 spiro atoms. The molecule has 0 saturated carbocycles. The van der Waals surface area contributed by atoms with Gasteiger partial charge in [-0.1, -0.05) is 56.3 Å². The number of nitrogens with zero attached hydrogens (tertiary/aromatic N) is 1. The maximum Gasteiger partial charge on any atom is 0.250 e. The molecule has 3 aromatic rings. The van der Waals surface area contributed by atoms with Crippen molar-refractivity contribution in [2.24, 2.45) is 5.92 Å². The number of benzene rings is 2. The van der Waals surface area contributed by atoms with Crippen molar-refractivity contribution in [3.8, 4) is 0 Å². The molecule has 0 bridgehead atoms. The van der Waals surface area contributed by atoms with Crippen LogP contribution in [0.1, 0.15) is 13.8 Å². The Morgan fingerprint density at radius 2 is 1.74 bits per heavy atom. The van der Waals surface area contributed by atoms with Gasteiger partial charge >= 0.3 is 0 Å². The van der Waals surface area contributed by atoms with Gasteiger partial charge < -0.3 is 10.2 Å². The van der Waals surface area contributed by atoms with Crippen molar-refractivity contribution in [3.63, 3.8) is 0 Å². The van der Waals surface area contributed by atoms with E-state index < -0.39 is 22.0 Å². The average molecular weight is 460 g/mol. The number of carbonyl (C=O) groups excluding carboxylic acids is 2. The highest BCUT2D eigenvalue weighted by Gasteiger charge is 2.31. The molecule has 2 N–H and O–H groups in total. The van der Waals surface area contributed by atoms with Crippen molar-refractivity contribution in [1.82, 2.24) is 9.62 Å². The smallest absolute Gasteiger partial charge is 0.250 e. The molecule has 1 atom stereocenters. The van der Waals surface area contributed by atoms with Crippen LogP contribution in [0.3, 0.4) is 0 Å². The monoisotopic (exact) mass is 459 g/mol. The standard InChI is InChI=1S/C22H25N3O4S2/c1-15(2)21(24-31(28,29)20-12-7-13-30-20)22(27)25(3)14-19(26)23-18-11-6-9-16-8-4-5-10-17(16)18/h4-13,15,21,24H,14H2,1-3H3,(H,23,26)/t21-/m0/s1. The first-order chi connectivity index (χ1) is 14.7. The van der Waals surface area contributed by atoms with Gasteiger partial charge in [0.2, 0.25) is 11.8 Å². The fourth-order valence-electron chi connectivity index (χ4n) is 3.17. The molecule has 2 amide bonds. The van der Waals surface area contributed by atoms with Gasteiger partial charge in [0.05, 0.1) is 6.54 Å². The summed E-state index contributed by atoms with van der Waals surface area (Å²) >= 11 is 1.08. The molecule has 3 rings (SSSR count). The van der Waals surface area contributed by atoms with Gasteiger partial charge in [-0.15, -0.1) is 11.3 Å². The van der Waals surface area contributed by atoms with Crippen LogP contribution in [0.4, 0.5) is 5.69 Å². The number of sulfonamides is 1. The van der Waals surface area contributed by atoms with Crippen molar-refractivity contribution < 1.29 is 18.0 Å². The predicted octanol–water partition coefficient (Wildman–Crippen LogP) is 3.30. The number of hydrogen-bond donors (Lipinski definition) is 2. The highest BCUT2D eigenvalue weighted by molar-refractivity contribution is 7.91. The van der Waals surface area contributed by atoms with Crippen LogP contribution in [-0.2, 0) is 19.6 Å². The number of nitrogens with one attached hydrogen (secondary N) is 2. The summed E-state index contributed by atoms with van der Waals surface area (Å²) in [6.45, 7) is 3.30. The lowest BCUT2D eigenvalue weighted by Crippen LogP contribution is -2.51. The van der Waals surface area contributed by atoms with E-state index in [0.717, 1.165) is 22.1 Å². The largest absolute Gasteiger partial charge is 0.335 e. The molecule has 164 valence electrons. The summed E-state index contributed by atoms with van der Waals surface area (Å²) in [6, 6.07) is 15.4. The second-order valence-corrected chi connectivity index (χ2v) is 10.4. The number of rotatable bonds is 8. The molecule has 0 unspecified atom stereocenters. The van der Waals surface area contributed by atoms with Crippen molar-refractivity contribution in [2.75, 3.05) is 18.9 Å². The Morgan fingerprint density at radius 3 is 2.42 bits per heavy atom. The lowest BCUT2D eigenvalue weighted by atomic mass is 10.0. The maximum absolute atomic E-state index is 13.0. The van der Waals surface area contributed by atoms with Gasteiger partial charge in [-0.05, 0) is 28.8 Å². The lowest BCUT2D eigenvalue weighted by molar-refractivity contribution is -0.135. The summed E-state index contributed by atoms with van der Waals surface area (Å²) < 4.78 is 27.8. The van der Waals surface area contributed by atoms with E-state index in [1.807, 2.05) is 36.4 Å². The fourth-order valence-corrected chi connectivity index (χ4v) is 5.52. The summed E-state index contributed by atoms with van der Waals surface area (Å²) in [5.74, 6) is -1.13. The number of thiophene rings is 1. The quantitative estimate of drug-likeness (QED) is 0.540. The van der Waals surface area contributed by atoms with Gasteiger partial charge in [-0.3, -0.25) is 9.59 Å². The Bertz CT molecular complexity index is 1170. The molecule has 0 saturated heterocycles.